The molecule has 0 aliphatic heterocycles. The molecule has 0 radical (unpaired) electrons. The van der Waals surface area contributed by atoms with Crippen LogP contribution in [0.3, 0.4) is 0 Å². The Labute approximate surface area is 238 Å². The Hall–Kier alpha value is -4.94. The van der Waals surface area contributed by atoms with Gasteiger partial charge in [-0.05, 0) is 42.5 Å². The minimum atomic E-state index is -0.651. The summed E-state index contributed by atoms with van der Waals surface area (Å²) in [6.07, 6.45) is 2.56. The normalized spacial score (nSPS) is 10.9. The number of hydrogen-bond acceptors (Lipinski definition) is 8. The van der Waals surface area contributed by atoms with E-state index in [9.17, 15) is 19.2 Å². The number of benzene rings is 3. The van der Waals surface area contributed by atoms with Gasteiger partial charge in [0.25, 0.3) is 23.6 Å². The quantitative estimate of drug-likeness (QED) is 0.0742. The minimum absolute atomic E-state index is 0.0619. The van der Waals surface area contributed by atoms with E-state index in [4.69, 9.17) is 11.5 Å². The van der Waals surface area contributed by atoms with Crippen LogP contribution >= 0.6 is 21.6 Å². The maximum Gasteiger partial charge on any atom is 0.271 e. The van der Waals surface area contributed by atoms with Crippen molar-refractivity contribution >= 4 is 50.9 Å². The van der Waals surface area contributed by atoms with Gasteiger partial charge in [-0.1, -0.05) is 77.2 Å². The summed E-state index contributed by atoms with van der Waals surface area (Å²) in [7, 11) is 2.48. The fourth-order valence-electron chi connectivity index (χ4n) is 3.20. The molecule has 0 aliphatic rings. The molecule has 0 aromatic heterocycles. The van der Waals surface area contributed by atoms with E-state index in [0.717, 1.165) is 0 Å². The Bertz CT molecular complexity index is 1510. The van der Waals surface area contributed by atoms with Gasteiger partial charge in [0.15, 0.2) is 0 Å². The summed E-state index contributed by atoms with van der Waals surface area (Å²) in [5.74, 6) is -2.31. The molecule has 40 heavy (non-hydrogen) atoms. The molecular weight excluding hydrogens is 548 g/mol. The molecule has 0 unspecified atom stereocenters. The molecule has 3 rings (SSSR count). The smallest absolute Gasteiger partial charge is 0.271 e. The third kappa shape index (κ3) is 7.56. The van der Waals surface area contributed by atoms with E-state index < -0.39 is 23.6 Å². The summed E-state index contributed by atoms with van der Waals surface area (Å²) in [6, 6.07) is 20.0. The summed E-state index contributed by atoms with van der Waals surface area (Å²) < 4.78 is 0. The highest BCUT2D eigenvalue weighted by atomic mass is 33.1. The first-order chi connectivity index (χ1) is 19.3. The fraction of sp³-hybridized carbons (Fsp3) is 0. The lowest BCUT2D eigenvalue weighted by Gasteiger charge is -2.13. The van der Waals surface area contributed by atoms with Gasteiger partial charge >= 0.3 is 0 Å². The van der Waals surface area contributed by atoms with Crippen molar-refractivity contribution < 1.29 is 19.2 Å². The van der Waals surface area contributed by atoms with Crippen LogP contribution in [0.1, 0.15) is 31.1 Å². The van der Waals surface area contributed by atoms with Crippen LogP contribution in [0.2, 0.25) is 0 Å². The number of allylic oxidation sites excluding steroid dienone is 1. The zero-order chi connectivity index (χ0) is 29.1. The highest BCUT2D eigenvalue weighted by Crippen LogP contribution is 2.40. The van der Waals surface area contributed by atoms with Gasteiger partial charge < -0.3 is 11.5 Å². The number of amides is 4. The third-order valence-corrected chi connectivity index (χ3v) is 7.73. The van der Waals surface area contributed by atoms with Crippen LogP contribution in [-0.2, 0) is 4.79 Å². The third-order valence-electron chi connectivity index (χ3n) is 5.25. The molecule has 0 heterocycles. The Balaban J connectivity index is 1.67. The van der Waals surface area contributed by atoms with Crippen molar-refractivity contribution in [2.45, 2.75) is 9.79 Å². The van der Waals surface area contributed by atoms with E-state index in [1.807, 2.05) is 0 Å². The van der Waals surface area contributed by atoms with Gasteiger partial charge in [-0.3, -0.25) is 40.9 Å². The Morgan fingerprint density at radius 1 is 0.625 bits per heavy atom. The van der Waals surface area contributed by atoms with E-state index in [-0.39, 0.29) is 28.1 Å². The van der Waals surface area contributed by atoms with Crippen LogP contribution in [0, 0.1) is 0 Å². The Morgan fingerprint density at radius 2 is 1.05 bits per heavy atom. The van der Waals surface area contributed by atoms with Crippen LogP contribution < -0.4 is 33.2 Å². The Kier molecular flexibility index (Phi) is 10.6. The molecule has 0 atom stereocenters. The summed E-state index contributed by atoms with van der Waals surface area (Å²) in [5, 5.41) is 0. The minimum Gasteiger partial charge on any atom is -0.398 e. The van der Waals surface area contributed by atoms with Gasteiger partial charge in [0, 0.05) is 21.2 Å². The average molecular weight is 575 g/mol. The van der Waals surface area contributed by atoms with Crippen LogP contribution in [0.25, 0.3) is 0 Å². The summed E-state index contributed by atoms with van der Waals surface area (Å²) in [4.78, 5) is 51.6. The maximum absolute atomic E-state index is 12.9. The first-order valence-electron chi connectivity index (χ1n) is 11.6. The molecule has 3 aromatic carbocycles. The number of nitrogens with one attached hydrogen (secondary N) is 4. The number of carbonyl (C=O) groups is 4. The van der Waals surface area contributed by atoms with Crippen molar-refractivity contribution in [1.82, 2.24) is 21.7 Å². The number of rotatable bonds is 9. The molecule has 0 spiro atoms. The van der Waals surface area contributed by atoms with Crippen molar-refractivity contribution in [1.29, 1.82) is 0 Å². The van der Waals surface area contributed by atoms with Crippen LogP contribution in [0.4, 0.5) is 5.69 Å². The van der Waals surface area contributed by atoms with Gasteiger partial charge in [0.1, 0.15) is 0 Å². The van der Waals surface area contributed by atoms with Crippen molar-refractivity contribution in [3.05, 3.63) is 126 Å². The van der Waals surface area contributed by atoms with Gasteiger partial charge in [-0.15, -0.1) is 0 Å². The second kappa shape index (κ2) is 14.3. The van der Waals surface area contributed by atoms with E-state index in [2.05, 4.69) is 34.9 Å². The summed E-state index contributed by atoms with van der Waals surface area (Å²) >= 11 is 0. The van der Waals surface area contributed by atoms with E-state index >= 15 is 0 Å². The lowest BCUT2D eigenvalue weighted by molar-refractivity contribution is -0.117. The molecule has 0 saturated heterocycles. The molecule has 0 saturated carbocycles. The number of hydrazine groups is 2. The number of carbonyl (C=O) groups excluding carboxylic acids is 4. The van der Waals surface area contributed by atoms with Gasteiger partial charge in [0.05, 0.1) is 22.3 Å². The summed E-state index contributed by atoms with van der Waals surface area (Å²) in [6.45, 7) is 7.05. The van der Waals surface area contributed by atoms with Crippen LogP contribution in [-0.4, -0.2) is 23.6 Å². The zero-order valence-electron chi connectivity index (χ0n) is 21.1. The van der Waals surface area contributed by atoms with Gasteiger partial charge in [-0.2, -0.15) is 0 Å². The second-order valence-electron chi connectivity index (χ2n) is 7.84. The molecule has 10 nitrogen and oxygen atoms in total. The standard InChI is InChI=1S/C28H26N6O4S2/c1-3-17(21(29)4-2)25(35)31-33-27(37)19-12-6-9-15-23(19)39-40-24-16-10-7-13-20(24)28(38)34-32-26(36)18-11-5-8-14-22(18)30/h3-16H,1-2,29-30H2,(H,31,35)(H,32,36)(H,33,37)(H,34,38)/b21-17-. The average Bonchev–Trinajstić information content (AvgIpc) is 2.98. The molecule has 0 bridgehead atoms. The molecule has 0 aliphatic carbocycles. The largest absolute Gasteiger partial charge is 0.398 e. The fourth-order valence-corrected chi connectivity index (χ4v) is 5.55. The first kappa shape index (κ1) is 29.6. The molecular formula is C28H26N6O4S2. The number of para-hydroxylation sites is 1. The van der Waals surface area contributed by atoms with Crippen molar-refractivity contribution in [2.24, 2.45) is 5.73 Å². The predicted octanol–water partition coefficient (Wildman–Crippen LogP) is 3.49. The number of anilines is 1. The van der Waals surface area contributed by atoms with Crippen LogP contribution in [0.5, 0.6) is 0 Å². The molecule has 8 N–H and O–H groups in total. The molecule has 204 valence electrons. The van der Waals surface area contributed by atoms with E-state index in [1.54, 1.807) is 72.8 Å². The van der Waals surface area contributed by atoms with Crippen molar-refractivity contribution in [2.75, 3.05) is 5.73 Å². The molecule has 4 amide bonds. The lowest BCUT2D eigenvalue weighted by Crippen LogP contribution is -2.42. The van der Waals surface area contributed by atoms with Gasteiger partial charge in [-0.25, -0.2) is 0 Å². The van der Waals surface area contributed by atoms with Gasteiger partial charge in [0.2, 0.25) is 0 Å². The molecule has 0 fully saturated rings. The maximum atomic E-state index is 12.9. The Morgan fingerprint density at radius 3 is 1.52 bits per heavy atom. The molecule has 12 heteroatoms. The molecule has 3 aromatic rings. The van der Waals surface area contributed by atoms with E-state index in [1.165, 1.54) is 33.7 Å². The number of nitrogen functional groups attached to an aromatic ring is 1. The SMILES string of the molecule is C=C/C(N)=C(\C=C)C(=O)NNC(=O)c1ccccc1SSc1ccccc1C(=O)NNC(=O)c1ccccc1N. The predicted molar refractivity (Wildman–Crippen MR) is 158 cm³/mol. The highest BCUT2D eigenvalue weighted by molar-refractivity contribution is 8.76. The second-order valence-corrected chi connectivity index (χ2v) is 10.1. The number of hydrogen-bond donors (Lipinski definition) is 6. The van der Waals surface area contributed by atoms with E-state index in [0.29, 0.717) is 15.4 Å². The highest BCUT2D eigenvalue weighted by Gasteiger charge is 2.17. The van der Waals surface area contributed by atoms with Crippen LogP contribution in [0.15, 0.2) is 119 Å². The van der Waals surface area contributed by atoms with Crippen molar-refractivity contribution in [3.8, 4) is 0 Å². The zero-order valence-corrected chi connectivity index (χ0v) is 22.7. The topological polar surface area (TPSA) is 168 Å². The first-order valence-corrected chi connectivity index (χ1v) is 13.7. The summed E-state index contributed by atoms with van der Waals surface area (Å²) in [5.41, 5.74) is 22.2. The van der Waals surface area contributed by atoms with Crippen molar-refractivity contribution in [3.63, 3.8) is 0 Å². The number of nitrogens with two attached hydrogens (primary N) is 2. The lowest BCUT2D eigenvalue weighted by atomic mass is 10.2. The monoisotopic (exact) mass is 574 g/mol.